The average molecular weight is 344 g/mol. The third-order valence-corrected chi connectivity index (χ3v) is 4.30. The zero-order chi connectivity index (χ0) is 18.1. The van der Waals surface area contributed by atoms with Crippen LogP contribution in [0.5, 0.6) is 0 Å². The largest absolute Gasteiger partial charge is 0.366 e. The number of nitrogens with one attached hydrogen (secondary N) is 2. The zero-order valence-corrected chi connectivity index (χ0v) is 13.8. The topological polar surface area (TPSA) is 101 Å². The van der Waals surface area contributed by atoms with Crippen LogP contribution in [0, 0.1) is 0 Å². The molecule has 0 saturated carbocycles. The Morgan fingerprint density at radius 1 is 1.04 bits per heavy atom. The molecule has 0 radical (unpaired) electrons. The lowest BCUT2D eigenvalue weighted by Gasteiger charge is -2.05. The molecule has 0 aliphatic rings. The van der Waals surface area contributed by atoms with Gasteiger partial charge in [0, 0.05) is 34.4 Å². The number of rotatable bonds is 4. The van der Waals surface area contributed by atoms with Crippen LogP contribution in [0.1, 0.15) is 15.9 Å². The van der Waals surface area contributed by atoms with Crippen molar-refractivity contribution in [1.29, 1.82) is 0 Å². The first kappa shape index (κ1) is 15.8. The van der Waals surface area contributed by atoms with Gasteiger partial charge in [0.25, 0.3) is 5.91 Å². The van der Waals surface area contributed by atoms with Crippen molar-refractivity contribution in [3.63, 3.8) is 0 Å². The van der Waals surface area contributed by atoms with Gasteiger partial charge in [-0.1, -0.05) is 18.2 Å². The second kappa shape index (κ2) is 6.33. The molecule has 4 rings (SSSR count). The Labute approximate surface area is 149 Å². The Balaban J connectivity index is 1.65. The average Bonchev–Trinajstić information content (AvgIpc) is 3.00. The number of nitrogens with zero attached hydrogens (tertiary/aromatic N) is 1. The molecule has 0 unspecified atom stereocenters. The molecular weight excluding hydrogens is 328 g/mol. The van der Waals surface area contributed by atoms with Crippen molar-refractivity contribution in [2.45, 2.75) is 6.42 Å². The first-order valence-corrected chi connectivity index (χ1v) is 8.15. The van der Waals surface area contributed by atoms with Gasteiger partial charge in [-0.25, -0.2) is 0 Å². The minimum atomic E-state index is -0.479. The molecule has 0 atom stereocenters. The molecule has 4 aromatic rings. The second-order valence-corrected chi connectivity index (χ2v) is 6.06. The fourth-order valence-corrected chi connectivity index (χ4v) is 3.10. The van der Waals surface area contributed by atoms with Crippen LogP contribution in [0.3, 0.4) is 0 Å². The molecule has 2 aromatic heterocycles. The highest BCUT2D eigenvalue weighted by Gasteiger charge is 2.12. The van der Waals surface area contributed by atoms with E-state index in [-0.39, 0.29) is 12.3 Å². The molecule has 6 heteroatoms. The van der Waals surface area contributed by atoms with Crippen molar-refractivity contribution < 1.29 is 9.59 Å². The van der Waals surface area contributed by atoms with Gasteiger partial charge in [-0.2, -0.15) is 0 Å². The van der Waals surface area contributed by atoms with E-state index in [1.807, 2.05) is 36.4 Å². The van der Waals surface area contributed by atoms with E-state index < -0.39 is 5.91 Å². The van der Waals surface area contributed by atoms with Crippen LogP contribution in [0.25, 0.3) is 21.8 Å². The Morgan fingerprint density at radius 3 is 2.62 bits per heavy atom. The lowest BCUT2D eigenvalue weighted by atomic mass is 10.1. The van der Waals surface area contributed by atoms with E-state index in [2.05, 4.69) is 15.3 Å². The quantitative estimate of drug-likeness (QED) is 0.530. The van der Waals surface area contributed by atoms with E-state index in [0.29, 0.717) is 16.8 Å². The van der Waals surface area contributed by atoms with E-state index in [1.54, 1.807) is 24.5 Å². The van der Waals surface area contributed by atoms with Gasteiger partial charge in [-0.05, 0) is 35.9 Å². The number of pyridine rings is 1. The molecule has 0 aliphatic heterocycles. The molecule has 0 bridgehead atoms. The summed E-state index contributed by atoms with van der Waals surface area (Å²) in [5.74, 6) is -0.586. The van der Waals surface area contributed by atoms with E-state index in [1.165, 1.54) is 0 Å². The van der Waals surface area contributed by atoms with Crippen LogP contribution < -0.4 is 11.1 Å². The highest BCUT2D eigenvalue weighted by atomic mass is 16.1. The van der Waals surface area contributed by atoms with E-state index in [0.717, 1.165) is 21.9 Å². The molecule has 0 aliphatic carbocycles. The van der Waals surface area contributed by atoms with Crippen molar-refractivity contribution in [3.05, 3.63) is 72.1 Å². The Bertz CT molecular complexity index is 1130. The molecule has 6 nitrogen and oxygen atoms in total. The predicted molar refractivity (Wildman–Crippen MR) is 101 cm³/mol. The fourth-order valence-electron chi connectivity index (χ4n) is 3.10. The molecule has 2 heterocycles. The van der Waals surface area contributed by atoms with Gasteiger partial charge in [-0.15, -0.1) is 0 Å². The molecule has 0 spiro atoms. The lowest BCUT2D eigenvalue weighted by molar-refractivity contribution is -0.115. The number of carbonyl (C=O) groups excluding carboxylic acids is 2. The summed E-state index contributed by atoms with van der Waals surface area (Å²) >= 11 is 0. The molecular formula is C20H16N4O2. The number of carbonyl (C=O) groups is 2. The molecule has 2 amide bonds. The number of hydrogen-bond acceptors (Lipinski definition) is 3. The summed E-state index contributed by atoms with van der Waals surface area (Å²) in [5, 5.41) is 4.78. The standard InChI is InChI=1S/C20H16N4O2/c21-20(26)16-3-1-2-15-14-5-4-13(11-17(14)24-19(15)16)23-18(25)10-12-6-8-22-9-7-12/h1-9,11,24H,10H2,(H2,21,26)(H,23,25). The van der Waals surface area contributed by atoms with E-state index in [9.17, 15) is 9.59 Å². The highest BCUT2D eigenvalue weighted by molar-refractivity contribution is 6.15. The van der Waals surface area contributed by atoms with Crippen LogP contribution in [0.4, 0.5) is 5.69 Å². The normalized spacial score (nSPS) is 10.9. The summed E-state index contributed by atoms with van der Waals surface area (Å²) in [5.41, 5.74) is 9.01. The zero-order valence-electron chi connectivity index (χ0n) is 13.8. The maximum atomic E-state index is 12.2. The van der Waals surface area contributed by atoms with Gasteiger partial charge >= 0.3 is 0 Å². The SMILES string of the molecule is NC(=O)c1cccc2c1[nH]c1cc(NC(=O)Cc3ccncc3)ccc12. The van der Waals surface area contributed by atoms with Crippen molar-refractivity contribution >= 4 is 39.3 Å². The lowest BCUT2D eigenvalue weighted by Crippen LogP contribution is -2.14. The van der Waals surface area contributed by atoms with Gasteiger partial charge in [0.2, 0.25) is 5.91 Å². The molecule has 4 N–H and O–H groups in total. The van der Waals surface area contributed by atoms with Crippen LogP contribution in [-0.4, -0.2) is 21.8 Å². The third-order valence-electron chi connectivity index (χ3n) is 4.30. The molecule has 0 fully saturated rings. The van der Waals surface area contributed by atoms with Crippen LogP contribution in [-0.2, 0) is 11.2 Å². The maximum Gasteiger partial charge on any atom is 0.250 e. The van der Waals surface area contributed by atoms with Gasteiger partial charge < -0.3 is 16.0 Å². The van der Waals surface area contributed by atoms with Crippen LogP contribution in [0.15, 0.2) is 60.9 Å². The number of amides is 2. The number of hydrogen-bond donors (Lipinski definition) is 3. The fraction of sp³-hybridized carbons (Fsp3) is 0.0500. The van der Waals surface area contributed by atoms with Crippen molar-refractivity contribution in [3.8, 4) is 0 Å². The number of fused-ring (bicyclic) bond motifs is 3. The number of para-hydroxylation sites is 1. The summed E-state index contributed by atoms with van der Waals surface area (Å²) in [4.78, 5) is 31.0. The minimum Gasteiger partial charge on any atom is -0.366 e. The minimum absolute atomic E-state index is 0.107. The van der Waals surface area contributed by atoms with Crippen molar-refractivity contribution in [2.24, 2.45) is 5.73 Å². The van der Waals surface area contributed by atoms with Gasteiger partial charge in [0.1, 0.15) is 0 Å². The molecule has 0 saturated heterocycles. The number of benzene rings is 2. The van der Waals surface area contributed by atoms with Crippen LogP contribution in [0.2, 0.25) is 0 Å². The number of H-pyrrole nitrogens is 1. The predicted octanol–water partition coefficient (Wildman–Crippen LogP) is 3.00. The first-order valence-electron chi connectivity index (χ1n) is 8.15. The highest BCUT2D eigenvalue weighted by Crippen LogP contribution is 2.29. The number of aromatic nitrogens is 2. The Hall–Kier alpha value is -3.67. The smallest absolute Gasteiger partial charge is 0.250 e. The van der Waals surface area contributed by atoms with E-state index >= 15 is 0 Å². The van der Waals surface area contributed by atoms with Crippen molar-refractivity contribution in [2.75, 3.05) is 5.32 Å². The van der Waals surface area contributed by atoms with Gasteiger partial charge in [0.15, 0.2) is 0 Å². The van der Waals surface area contributed by atoms with Crippen molar-refractivity contribution in [1.82, 2.24) is 9.97 Å². The summed E-state index contributed by atoms with van der Waals surface area (Å²) in [6, 6.07) is 14.7. The molecule has 2 aromatic carbocycles. The molecule has 128 valence electrons. The van der Waals surface area contributed by atoms with E-state index in [4.69, 9.17) is 5.73 Å². The monoisotopic (exact) mass is 344 g/mol. The third kappa shape index (κ3) is 2.88. The number of anilines is 1. The maximum absolute atomic E-state index is 12.2. The first-order chi connectivity index (χ1) is 12.6. The summed E-state index contributed by atoms with van der Waals surface area (Å²) in [6.07, 6.45) is 3.60. The number of aromatic amines is 1. The summed E-state index contributed by atoms with van der Waals surface area (Å²) < 4.78 is 0. The van der Waals surface area contributed by atoms with Gasteiger partial charge in [-0.3, -0.25) is 14.6 Å². The Kier molecular flexibility index (Phi) is 3.85. The number of nitrogens with two attached hydrogens (primary N) is 1. The second-order valence-electron chi connectivity index (χ2n) is 6.06. The molecule has 26 heavy (non-hydrogen) atoms. The van der Waals surface area contributed by atoms with Crippen LogP contribution >= 0.6 is 0 Å². The summed E-state index contributed by atoms with van der Waals surface area (Å²) in [7, 11) is 0. The number of primary amides is 1. The Morgan fingerprint density at radius 2 is 1.85 bits per heavy atom. The summed E-state index contributed by atoms with van der Waals surface area (Å²) in [6.45, 7) is 0. The van der Waals surface area contributed by atoms with Gasteiger partial charge in [0.05, 0.1) is 17.5 Å².